The number of halogens is 2. The Balaban J connectivity index is 2.13. The number of rotatable bonds is 4. The molecule has 1 aliphatic rings. The van der Waals surface area contributed by atoms with Crippen molar-refractivity contribution in [3.05, 3.63) is 28.2 Å². The van der Waals surface area contributed by atoms with Crippen LogP contribution in [0.2, 0.25) is 10.0 Å². The Morgan fingerprint density at radius 1 is 1.24 bits per heavy atom. The van der Waals surface area contributed by atoms with Crippen LogP contribution >= 0.6 is 23.2 Å². The quantitative estimate of drug-likeness (QED) is 0.873. The zero-order valence-corrected chi connectivity index (χ0v) is 13.4. The van der Waals surface area contributed by atoms with Gasteiger partial charge in [0.1, 0.15) is 0 Å². The number of carboxylic acid groups (broad SMARTS) is 1. The van der Waals surface area contributed by atoms with Crippen LogP contribution in [0.4, 0.5) is 0 Å². The van der Waals surface area contributed by atoms with Crippen LogP contribution in [-0.2, 0) is 14.8 Å². The van der Waals surface area contributed by atoms with E-state index in [1.54, 1.807) is 0 Å². The van der Waals surface area contributed by atoms with Gasteiger partial charge >= 0.3 is 5.97 Å². The van der Waals surface area contributed by atoms with Crippen molar-refractivity contribution >= 4 is 39.2 Å². The second-order valence-corrected chi connectivity index (χ2v) is 7.62. The van der Waals surface area contributed by atoms with Gasteiger partial charge in [0.2, 0.25) is 10.0 Å². The first-order chi connectivity index (χ1) is 9.79. The Bertz CT molecular complexity index is 648. The van der Waals surface area contributed by atoms with Crippen LogP contribution < -0.4 is 4.72 Å². The van der Waals surface area contributed by atoms with E-state index < -0.39 is 21.9 Å². The minimum atomic E-state index is -3.73. The molecule has 8 heteroatoms. The van der Waals surface area contributed by atoms with E-state index in [1.807, 2.05) is 0 Å². The highest BCUT2D eigenvalue weighted by Crippen LogP contribution is 2.28. The molecule has 1 fully saturated rings. The van der Waals surface area contributed by atoms with Crippen molar-refractivity contribution in [1.82, 2.24) is 4.72 Å². The highest BCUT2D eigenvalue weighted by atomic mass is 35.5. The molecule has 21 heavy (non-hydrogen) atoms. The summed E-state index contributed by atoms with van der Waals surface area (Å²) in [5.41, 5.74) is 0. The van der Waals surface area contributed by atoms with Crippen molar-refractivity contribution in [1.29, 1.82) is 0 Å². The first-order valence-electron chi connectivity index (χ1n) is 6.50. The molecular weight excluding hydrogens is 337 g/mol. The highest BCUT2D eigenvalue weighted by Gasteiger charge is 2.30. The predicted molar refractivity (Wildman–Crippen MR) is 80.2 cm³/mol. The summed E-state index contributed by atoms with van der Waals surface area (Å²) < 4.78 is 27.1. The van der Waals surface area contributed by atoms with Crippen LogP contribution in [0.15, 0.2) is 23.1 Å². The number of hydrogen-bond acceptors (Lipinski definition) is 3. The van der Waals surface area contributed by atoms with Crippen LogP contribution in [-0.4, -0.2) is 25.5 Å². The molecule has 0 spiro atoms. The van der Waals surface area contributed by atoms with Gasteiger partial charge in [-0.15, -0.1) is 0 Å². The van der Waals surface area contributed by atoms with E-state index in [1.165, 1.54) is 18.2 Å². The third-order valence-corrected chi connectivity index (χ3v) is 5.80. The zero-order valence-electron chi connectivity index (χ0n) is 11.1. The molecule has 1 aliphatic carbocycles. The molecular formula is C13H15Cl2NO4S. The Morgan fingerprint density at radius 3 is 2.57 bits per heavy atom. The topological polar surface area (TPSA) is 83.5 Å². The SMILES string of the molecule is O=C(O)C1CCCC(NS(=O)(=O)c2ccc(Cl)c(Cl)c2)C1. The average Bonchev–Trinajstić information content (AvgIpc) is 2.41. The molecule has 0 aromatic heterocycles. The minimum absolute atomic E-state index is 0.0225. The molecule has 0 heterocycles. The number of benzene rings is 1. The summed E-state index contributed by atoms with van der Waals surface area (Å²) >= 11 is 11.6. The van der Waals surface area contributed by atoms with Gasteiger partial charge in [0.15, 0.2) is 0 Å². The van der Waals surface area contributed by atoms with Gasteiger partial charge in [0, 0.05) is 6.04 Å². The number of hydrogen-bond donors (Lipinski definition) is 2. The molecule has 0 bridgehead atoms. The fourth-order valence-electron chi connectivity index (χ4n) is 2.45. The van der Waals surface area contributed by atoms with E-state index in [-0.39, 0.29) is 21.0 Å². The summed E-state index contributed by atoms with van der Waals surface area (Å²) in [6.07, 6.45) is 2.20. The molecule has 2 N–H and O–H groups in total. The molecule has 0 saturated heterocycles. The Labute approximate surface area is 133 Å². The first-order valence-corrected chi connectivity index (χ1v) is 8.73. The van der Waals surface area contributed by atoms with Crippen molar-refractivity contribution in [2.24, 2.45) is 5.92 Å². The molecule has 2 unspecified atom stereocenters. The lowest BCUT2D eigenvalue weighted by molar-refractivity contribution is -0.143. The number of sulfonamides is 1. The Morgan fingerprint density at radius 2 is 1.95 bits per heavy atom. The van der Waals surface area contributed by atoms with Crippen molar-refractivity contribution < 1.29 is 18.3 Å². The lowest BCUT2D eigenvalue weighted by Crippen LogP contribution is -2.39. The van der Waals surface area contributed by atoms with Crippen LogP contribution in [0.5, 0.6) is 0 Å². The molecule has 2 rings (SSSR count). The molecule has 2 atom stereocenters. The summed E-state index contributed by atoms with van der Waals surface area (Å²) in [5, 5.41) is 9.46. The van der Waals surface area contributed by atoms with Gasteiger partial charge in [-0.05, 0) is 37.5 Å². The van der Waals surface area contributed by atoms with Crippen LogP contribution in [0.25, 0.3) is 0 Å². The van der Waals surface area contributed by atoms with Crippen molar-refractivity contribution in [2.45, 2.75) is 36.6 Å². The van der Waals surface area contributed by atoms with Gasteiger partial charge in [-0.1, -0.05) is 29.6 Å². The second-order valence-electron chi connectivity index (χ2n) is 5.10. The lowest BCUT2D eigenvalue weighted by Gasteiger charge is -2.27. The third-order valence-electron chi connectivity index (χ3n) is 3.55. The Kier molecular flexibility index (Phi) is 5.14. The molecule has 1 aromatic rings. The van der Waals surface area contributed by atoms with Gasteiger partial charge in [0.05, 0.1) is 20.9 Å². The summed E-state index contributed by atoms with van der Waals surface area (Å²) in [5.74, 6) is -1.38. The molecule has 1 saturated carbocycles. The van der Waals surface area contributed by atoms with Crippen molar-refractivity contribution in [3.8, 4) is 0 Å². The first kappa shape index (κ1) is 16.5. The van der Waals surface area contributed by atoms with E-state index in [9.17, 15) is 13.2 Å². The lowest BCUT2D eigenvalue weighted by atomic mass is 9.86. The molecule has 0 radical (unpaired) electrons. The van der Waals surface area contributed by atoms with Crippen LogP contribution in [0.1, 0.15) is 25.7 Å². The van der Waals surface area contributed by atoms with Gasteiger partial charge < -0.3 is 5.11 Å². The summed E-state index contributed by atoms with van der Waals surface area (Å²) in [7, 11) is -3.73. The predicted octanol–water partition coefficient (Wildman–Crippen LogP) is 2.92. The maximum atomic E-state index is 12.3. The molecule has 1 aromatic carbocycles. The summed E-state index contributed by atoms with van der Waals surface area (Å²) in [6, 6.07) is 3.69. The Hall–Kier alpha value is -0.820. The largest absolute Gasteiger partial charge is 0.481 e. The average molecular weight is 352 g/mol. The van der Waals surface area contributed by atoms with E-state index >= 15 is 0 Å². The standard InChI is InChI=1S/C13H15Cl2NO4S/c14-11-5-4-10(7-12(11)15)21(19,20)16-9-3-1-2-8(6-9)13(17)18/h4-5,7-9,16H,1-3,6H2,(H,17,18). The highest BCUT2D eigenvalue weighted by molar-refractivity contribution is 7.89. The van der Waals surface area contributed by atoms with E-state index in [2.05, 4.69) is 4.72 Å². The summed E-state index contributed by atoms with van der Waals surface area (Å²) in [4.78, 5) is 11.0. The van der Waals surface area contributed by atoms with E-state index in [0.29, 0.717) is 25.7 Å². The van der Waals surface area contributed by atoms with Gasteiger partial charge in [-0.3, -0.25) is 4.79 Å². The van der Waals surface area contributed by atoms with Crippen LogP contribution in [0, 0.1) is 5.92 Å². The molecule has 116 valence electrons. The summed E-state index contributed by atoms with van der Waals surface area (Å²) in [6.45, 7) is 0. The molecule has 0 aliphatic heterocycles. The maximum Gasteiger partial charge on any atom is 0.306 e. The molecule has 0 amide bonds. The number of carbonyl (C=O) groups is 1. The second kappa shape index (κ2) is 6.52. The van der Waals surface area contributed by atoms with Gasteiger partial charge in [-0.2, -0.15) is 0 Å². The van der Waals surface area contributed by atoms with Gasteiger partial charge in [0.25, 0.3) is 0 Å². The van der Waals surface area contributed by atoms with E-state index in [0.717, 1.165) is 0 Å². The monoisotopic (exact) mass is 351 g/mol. The van der Waals surface area contributed by atoms with Gasteiger partial charge in [-0.25, -0.2) is 13.1 Å². The van der Waals surface area contributed by atoms with Crippen molar-refractivity contribution in [3.63, 3.8) is 0 Å². The smallest absolute Gasteiger partial charge is 0.306 e. The zero-order chi connectivity index (χ0) is 15.6. The maximum absolute atomic E-state index is 12.3. The normalized spacial score (nSPS) is 23.0. The fourth-order valence-corrected chi connectivity index (χ4v) is 4.12. The van der Waals surface area contributed by atoms with E-state index in [4.69, 9.17) is 28.3 Å². The number of aliphatic carboxylic acids is 1. The number of carboxylic acids is 1. The molecule has 5 nitrogen and oxygen atoms in total. The third kappa shape index (κ3) is 4.10. The van der Waals surface area contributed by atoms with Crippen LogP contribution in [0.3, 0.4) is 0 Å². The minimum Gasteiger partial charge on any atom is -0.481 e. The number of nitrogens with one attached hydrogen (secondary N) is 1. The van der Waals surface area contributed by atoms with Crippen molar-refractivity contribution in [2.75, 3.05) is 0 Å². The fraction of sp³-hybridized carbons (Fsp3) is 0.462.